The number of carbonyl (C=O) groups excluding carboxylic acids is 2. The Morgan fingerprint density at radius 3 is 2.50 bits per heavy atom. The molecular formula is C18H15ClFN3O2S. The van der Waals surface area contributed by atoms with Crippen molar-refractivity contribution in [1.82, 2.24) is 4.90 Å². The predicted molar refractivity (Wildman–Crippen MR) is 101 cm³/mol. The molecule has 8 heteroatoms. The second kappa shape index (κ2) is 7.88. The van der Waals surface area contributed by atoms with Crippen molar-refractivity contribution in [3.63, 3.8) is 0 Å². The Morgan fingerprint density at radius 2 is 1.88 bits per heavy atom. The Kier molecular flexibility index (Phi) is 5.58. The average Bonchev–Trinajstić information content (AvgIpc) is 2.61. The molecule has 2 N–H and O–H groups in total. The molecule has 2 aromatic carbocycles. The smallest absolute Gasteiger partial charge is 0.231 e. The van der Waals surface area contributed by atoms with Gasteiger partial charge in [0.1, 0.15) is 5.82 Å². The van der Waals surface area contributed by atoms with E-state index >= 15 is 0 Å². The molecule has 1 atom stereocenters. The fourth-order valence-electron chi connectivity index (χ4n) is 2.41. The van der Waals surface area contributed by atoms with Crippen LogP contribution in [0.3, 0.4) is 0 Å². The number of thioether (sulfide) groups is 1. The van der Waals surface area contributed by atoms with Crippen molar-refractivity contribution in [1.29, 1.82) is 0 Å². The molecular weight excluding hydrogens is 377 g/mol. The summed E-state index contributed by atoms with van der Waals surface area (Å²) in [6, 6.07) is 12.7. The van der Waals surface area contributed by atoms with Gasteiger partial charge in [-0.1, -0.05) is 35.5 Å². The number of benzene rings is 2. The zero-order valence-corrected chi connectivity index (χ0v) is 15.1. The summed E-state index contributed by atoms with van der Waals surface area (Å²) >= 11 is 7.03. The molecule has 5 nitrogen and oxygen atoms in total. The minimum absolute atomic E-state index is 0.000826. The van der Waals surface area contributed by atoms with Gasteiger partial charge in [0.05, 0.1) is 17.5 Å². The largest absolute Gasteiger partial charge is 0.369 e. The maximum absolute atomic E-state index is 13.1. The molecule has 1 fully saturated rings. The molecule has 3 rings (SSSR count). The lowest BCUT2D eigenvalue weighted by atomic mass is 10.2. The number of primary amides is 1. The van der Waals surface area contributed by atoms with Gasteiger partial charge in [0.25, 0.3) is 0 Å². The number of hydrogen-bond donors (Lipinski definition) is 1. The summed E-state index contributed by atoms with van der Waals surface area (Å²) in [7, 11) is 0. The molecule has 1 aliphatic rings. The van der Waals surface area contributed by atoms with Crippen molar-refractivity contribution in [3.05, 3.63) is 64.9 Å². The van der Waals surface area contributed by atoms with Crippen LogP contribution < -0.4 is 5.73 Å². The standard InChI is InChI=1S/C18H15ClFN3O2S/c19-12-3-7-14(8-4-12)22-18-23(10-11-1-5-13(20)6-2-11)16(24)9-15(26-18)17(21)25/h1-8,15H,9-10H2,(H2,21,25). The lowest BCUT2D eigenvalue weighted by Crippen LogP contribution is -2.45. The van der Waals surface area contributed by atoms with E-state index in [2.05, 4.69) is 4.99 Å². The van der Waals surface area contributed by atoms with Crippen LogP contribution in [0.4, 0.5) is 10.1 Å². The van der Waals surface area contributed by atoms with Crippen LogP contribution in [-0.4, -0.2) is 27.1 Å². The number of hydrogen-bond acceptors (Lipinski definition) is 4. The molecule has 134 valence electrons. The van der Waals surface area contributed by atoms with Gasteiger partial charge in [-0.2, -0.15) is 0 Å². The third-order valence-corrected chi connectivity index (χ3v) is 5.22. The molecule has 26 heavy (non-hydrogen) atoms. The number of halogens is 2. The summed E-state index contributed by atoms with van der Waals surface area (Å²) in [6.45, 7) is 0.226. The van der Waals surface area contributed by atoms with E-state index in [0.29, 0.717) is 15.9 Å². The molecule has 1 aliphatic heterocycles. The molecule has 0 bridgehead atoms. The van der Waals surface area contributed by atoms with E-state index in [4.69, 9.17) is 17.3 Å². The normalized spacial score (nSPS) is 19.0. The number of carbonyl (C=O) groups is 2. The van der Waals surface area contributed by atoms with Gasteiger partial charge < -0.3 is 5.73 Å². The van der Waals surface area contributed by atoms with E-state index in [9.17, 15) is 14.0 Å². The summed E-state index contributed by atoms with van der Waals surface area (Å²) in [5, 5.41) is 0.272. The summed E-state index contributed by atoms with van der Waals surface area (Å²) in [6.07, 6.45) is 0.000826. The third-order valence-electron chi connectivity index (χ3n) is 3.76. The second-order valence-corrected chi connectivity index (χ2v) is 7.30. The summed E-state index contributed by atoms with van der Waals surface area (Å²) < 4.78 is 13.1. The van der Waals surface area contributed by atoms with Crippen molar-refractivity contribution in [3.8, 4) is 0 Å². The van der Waals surface area contributed by atoms with Gasteiger partial charge in [0.2, 0.25) is 11.8 Å². The number of amides is 2. The summed E-state index contributed by atoms with van der Waals surface area (Å²) in [5.41, 5.74) is 6.72. The first-order valence-electron chi connectivity index (χ1n) is 7.77. The van der Waals surface area contributed by atoms with Gasteiger partial charge >= 0.3 is 0 Å². The van der Waals surface area contributed by atoms with Crippen LogP contribution in [0, 0.1) is 5.82 Å². The zero-order chi connectivity index (χ0) is 18.7. The number of aliphatic imine (C=N–C) groups is 1. The fourth-order valence-corrected chi connectivity index (χ4v) is 3.58. The highest BCUT2D eigenvalue weighted by molar-refractivity contribution is 8.15. The molecule has 0 radical (unpaired) electrons. The molecule has 0 spiro atoms. The van der Waals surface area contributed by atoms with Gasteiger partial charge in [0, 0.05) is 11.4 Å². The first kappa shape index (κ1) is 18.4. The van der Waals surface area contributed by atoms with E-state index in [1.54, 1.807) is 36.4 Å². The van der Waals surface area contributed by atoms with E-state index < -0.39 is 11.2 Å². The SMILES string of the molecule is NC(=O)C1CC(=O)N(Cc2ccc(F)cc2)C(=Nc2ccc(Cl)cc2)S1. The Morgan fingerprint density at radius 1 is 1.23 bits per heavy atom. The topological polar surface area (TPSA) is 75.8 Å². The van der Waals surface area contributed by atoms with E-state index in [1.165, 1.54) is 17.0 Å². The monoisotopic (exact) mass is 391 g/mol. The molecule has 0 aromatic heterocycles. The number of nitrogens with zero attached hydrogens (tertiary/aromatic N) is 2. The van der Waals surface area contributed by atoms with Gasteiger partial charge in [-0.15, -0.1) is 0 Å². The number of amidine groups is 1. The fraction of sp³-hybridized carbons (Fsp3) is 0.167. The first-order chi connectivity index (χ1) is 12.4. The van der Waals surface area contributed by atoms with E-state index in [-0.39, 0.29) is 24.7 Å². The number of nitrogens with two attached hydrogens (primary N) is 1. The Balaban J connectivity index is 1.92. The molecule has 1 saturated heterocycles. The van der Waals surface area contributed by atoms with Gasteiger partial charge in [-0.05, 0) is 42.0 Å². The Hall–Kier alpha value is -2.38. The highest BCUT2D eigenvalue weighted by atomic mass is 35.5. The van der Waals surface area contributed by atoms with E-state index in [0.717, 1.165) is 17.3 Å². The van der Waals surface area contributed by atoms with Crippen molar-refractivity contribution >= 4 is 46.0 Å². The lowest BCUT2D eigenvalue weighted by Gasteiger charge is -2.31. The van der Waals surface area contributed by atoms with Crippen molar-refractivity contribution in [2.75, 3.05) is 0 Å². The molecule has 2 aromatic rings. The van der Waals surface area contributed by atoms with E-state index in [1.807, 2.05) is 0 Å². The molecule has 1 unspecified atom stereocenters. The minimum atomic E-state index is -0.669. The van der Waals surface area contributed by atoms with Gasteiger partial charge in [0.15, 0.2) is 5.17 Å². The van der Waals surface area contributed by atoms with Crippen molar-refractivity contribution < 1.29 is 14.0 Å². The van der Waals surface area contributed by atoms with Crippen LogP contribution in [-0.2, 0) is 16.1 Å². The third kappa shape index (κ3) is 4.42. The van der Waals surface area contributed by atoms with Gasteiger partial charge in [-0.25, -0.2) is 9.38 Å². The van der Waals surface area contributed by atoms with Crippen LogP contribution in [0.15, 0.2) is 53.5 Å². The van der Waals surface area contributed by atoms with Crippen LogP contribution >= 0.6 is 23.4 Å². The minimum Gasteiger partial charge on any atom is -0.369 e. The quantitative estimate of drug-likeness (QED) is 0.866. The van der Waals surface area contributed by atoms with Crippen molar-refractivity contribution in [2.24, 2.45) is 10.7 Å². The highest BCUT2D eigenvalue weighted by Gasteiger charge is 2.34. The lowest BCUT2D eigenvalue weighted by molar-refractivity contribution is -0.130. The number of rotatable bonds is 4. The Labute approximate surface area is 159 Å². The summed E-state index contributed by atoms with van der Waals surface area (Å²) in [4.78, 5) is 30.1. The molecule has 0 saturated carbocycles. The zero-order valence-electron chi connectivity index (χ0n) is 13.6. The molecule has 1 heterocycles. The molecule has 0 aliphatic carbocycles. The van der Waals surface area contributed by atoms with Crippen LogP contribution in [0.5, 0.6) is 0 Å². The van der Waals surface area contributed by atoms with Crippen LogP contribution in [0.1, 0.15) is 12.0 Å². The van der Waals surface area contributed by atoms with Crippen LogP contribution in [0.2, 0.25) is 5.02 Å². The predicted octanol–water partition coefficient (Wildman–Crippen LogP) is 3.49. The summed E-state index contributed by atoms with van der Waals surface area (Å²) in [5.74, 6) is -1.17. The Bertz CT molecular complexity index is 856. The first-order valence-corrected chi connectivity index (χ1v) is 9.03. The highest BCUT2D eigenvalue weighted by Crippen LogP contribution is 2.30. The maximum atomic E-state index is 13.1. The van der Waals surface area contributed by atoms with Crippen molar-refractivity contribution in [2.45, 2.75) is 18.2 Å². The van der Waals surface area contributed by atoms with Crippen LogP contribution in [0.25, 0.3) is 0 Å². The maximum Gasteiger partial charge on any atom is 0.231 e. The average molecular weight is 392 g/mol. The second-order valence-electron chi connectivity index (χ2n) is 5.69. The van der Waals surface area contributed by atoms with Gasteiger partial charge in [-0.3, -0.25) is 14.5 Å². The molecule has 2 amide bonds.